The first-order valence-corrected chi connectivity index (χ1v) is 7.53. The summed E-state index contributed by atoms with van der Waals surface area (Å²) in [6.45, 7) is 5.31. The highest BCUT2D eigenvalue weighted by molar-refractivity contribution is 9.11. The molecule has 1 aliphatic rings. The van der Waals surface area contributed by atoms with E-state index in [0.717, 1.165) is 3.79 Å². The molecule has 2 rings (SSSR count). The van der Waals surface area contributed by atoms with Crippen LogP contribution in [0.25, 0.3) is 0 Å². The van der Waals surface area contributed by atoms with E-state index in [1.807, 2.05) is 6.07 Å². The number of rotatable bonds is 4. The molecule has 100 valence electrons. The van der Waals surface area contributed by atoms with E-state index in [0.29, 0.717) is 13.2 Å². The van der Waals surface area contributed by atoms with Crippen molar-refractivity contribution in [3.63, 3.8) is 0 Å². The molecule has 1 aromatic heterocycles. The molecule has 1 fully saturated rings. The molecule has 1 saturated heterocycles. The zero-order chi connectivity index (χ0) is 13.3. The summed E-state index contributed by atoms with van der Waals surface area (Å²) in [4.78, 5) is 13.3. The summed E-state index contributed by atoms with van der Waals surface area (Å²) in [5.74, 6) is -0.0677. The van der Waals surface area contributed by atoms with Gasteiger partial charge in [0, 0.05) is 4.88 Å². The molecule has 0 aliphatic carbocycles. The summed E-state index contributed by atoms with van der Waals surface area (Å²) >= 11 is 5.15. The standard InChI is InChI=1S/C13H17BrO3S/c1-8(2)11(12(15)16-3)13(6-17-7-13)9-4-5-10(14)18-9/h4-5,8,11H,6-7H2,1-3H3. The lowest BCUT2D eigenvalue weighted by Crippen LogP contribution is -2.56. The van der Waals surface area contributed by atoms with Gasteiger partial charge in [0.05, 0.1) is 35.4 Å². The molecular formula is C13H17BrO3S. The Bertz CT molecular complexity index is 437. The Balaban J connectivity index is 2.38. The molecule has 0 radical (unpaired) electrons. The quantitative estimate of drug-likeness (QED) is 0.794. The summed E-state index contributed by atoms with van der Waals surface area (Å²) in [5.41, 5.74) is -0.210. The number of esters is 1. The lowest BCUT2D eigenvalue weighted by molar-refractivity contribution is -0.164. The van der Waals surface area contributed by atoms with Gasteiger partial charge in [-0.2, -0.15) is 0 Å². The fourth-order valence-electron chi connectivity index (χ4n) is 2.64. The van der Waals surface area contributed by atoms with Crippen molar-refractivity contribution in [2.45, 2.75) is 19.3 Å². The number of hydrogen-bond donors (Lipinski definition) is 0. The van der Waals surface area contributed by atoms with E-state index in [1.54, 1.807) is 11.3 Å². The Morgan fingerprint density at radius 2 is 2.17 bits per heavy atom. The molecule has 0 N–H and O–H groups in total. The number of carbonyl (C=O) groups excluding carboxylic acids is 1. The van der Waals surface area contributed by atoms with Gasteiger partial charge >= 0.3 is 5.97 Å². The van der Waals surface area contributed by atoms with Crippen molar-refractivity contribution in [2.75, 3.05) is 20.3 Å². The van der Waals surface area contributed by atoms with Crippen LogP contribution in [0.1, 0.15) is 18.7 Å². The van der Waals surface area contributed by atoms with Gasteiger partial charge in [0.15, 0.2) is 0 Å². The van der Waals surface area contributed by atoms with Crippen LogP contribution in [-0.4, -0.2) is 26.3 Å². The zero-order valence-corrected chi connectivity index (χ0v) is 13.1. The summed E-state index contributed by atoms with van der Waals surface area (Å²) in [7, 11) is 1.45. The number of halogens is 1. The minimum absolute atomic E-state index is 0.141. The smallest absolute Gasteiger partial charge is 0.310 e. The third kappa shape index (κ3) is 2.24. The second-order valence-electron chi connectivity index (χ2n) is 5.00. The Kier molecular flexibility index (Phi) is 4.14. The number of ether oxygens (including phenoxy) is 2. The zero-order valence-electron chi connectivity index (χ0n) is 10.7. The van der Waals surface area contributed by atoms with Crippen molar-refractivity contribution in [1.29, 1.82) is 0 Å². The minimum atomic E-state index is -0.210. The van der Waals surface area contributed by atoms with E-state index < -0.39 is 0 Å². The van der Waals surface area contributed by atoms with Crippen LogP contribution in [0.3, 0.4) is 0 Å². The number of methoxy groups -OCH3 is 1. The van der Waals surface area contributed by atoms with Gasteiger partial charge in [0.2, 0.25) is 0 Å². The fourth-order valence-corrected chi connectivity index (χ4v) is 4.23. The molecule has 0 bridgehead atoms. The van der Waals surface area contributed by atoms with E-state index in [1.165, 1.54) is 12.0 Å². The maximum absolute atomic E-state index is 12.1. The van der Waals surface area contributed by atoms with E-state index in [-0.39, 0.29) is 23.2 Å². The van der Waals surface area contributed by atoms with Gasteiger partial charge in [-0.3, -0.25) is 4.79 Å². The molecule has 2 heterocycles. The monoisotopic (exact) mass is 332 g/mol. The summed E-state index contributed by atoms with van der Waals surface area (Å²) in [6, 6.07) is 4.10. The van der Waals surface area contributed by atoms with Crippen LogP contribution in [0.5, 0.6) is 0 Å². The van der Waals surface area contributed by atoms with Crippen LogP contribution in [-0.2, 0) is 19.7 Å². The van der Waals surface area contributed by atoms with Crippen LogP contribution in [0.2, 0.25) is 0 Å². The Hall–Kier alpha value is -0.390. The normalized spacial score (nSPS) is 19.4. The van der Waals surface area contributed by atoms with E-state index in [4.69, 9.17) is 9.47 Å². The van der Waals surface area contributed by atoms with Crippen LogP contribution >= 0.6 is 27.3 Å². The van der Waals surface area contributed by atoms with Gasteiger partial charge in [0.25, 0.3) is 0 Å². The SMILES string of the molecule is COC(=O)C(C(C)C)C1(c2ccc(Br)s2)COC1. The maximum atomic E-state index is 12.1. The van der Waals surface area contributed by atoms with Gasteiger partial charge in [-0.05, 0) is 34.0 Å². The molecule has 0 amide bonds. The summed E-state index contributed by atoms with van der Waals surface area (Å²) in [5, 5.41) is 0. The molecule has 0 saturated carbocycles. The third-order valence-electron chi connectivity index (χ3n) is 3.50. The molecule has 1 atom stereocenters. The Morgan fingerprint density at radius 3 is 2.50 bits per heavy atom. The van der Waals surface area contributed by atoms with Crippen LogP contribution in [0.4, 0.5) is 0 Å². The van der Waals surface area contributed by atoms with E-state index in [2.05, 4.69) is 35.8 Å². The highest BCUT2D eigenvalue weighted by Gasteiger charge is 2.52. The molecular weight excluding hydrogens is 316 g/mol. The molecule has 1 aromatic rings. The first-order valence-electron chi connectivity index (χ1n) is 5.92. The lowest BCUT2D eigenvalue weighted by Gasteiger charge is -2.46. The van der Waals surface area contributed by atoms with Crippen molar-refractivity contribution in [3.8, 4) is 0 Å². The number of hydrogen-bond acceptors (Lipinski definition) is 4. The molecule has 1 unspecified atom stereocenters. The molecule has 1 aliphatic heterocycles. The van der Waals surface area contributed by atoms with Crippen molar-refractivity contribution in [1.82, 2.24) is 0 Å². The second kappa shape index (κ2) is 5.31. The van der Waals surface area contributed by atoms with Gasteiger partial charge in [-0.25, -0.2) is 0 Å². The van der Waals surface area contributed by atoms with Crippen molar-refractivity contribution in [3.05, 3.63) is 20.8 Å². The number of thiophene rings is 1. The first kappa shape index (κ1) is 14.0. The largest absolute Gasteiger partial charge is 0.469 e. The highest BCUT2D eigenvalue weighted by Crippen LogP contribution is 2.46. The first-order chi connectivity index (χ1) is 8.51. The average Bonchev–Trinajstić information content (AvgIpc) is 2.68. The van der Waals surface area contributed by atoms with Crippen molar-refractivity contribution < 1.29 is 14.3 Å². The predicted molar refractivity (Wildman–Crippen MR) is 74.9 cm³/mol. The maximum Gasteiger partial charge on any atom is 0.310 e. The molecule has 5 heteroatoms. The molecule has 0 aromatic carbocycles. The number of carbonyl (C=O) groups is 1. The van der Waals surface area contributed by atoms with Crippen LogP contribution < -0.4 is 0 Å². The second-order valence-corrected chi connectivity index (χ2v) is 7.46. The van der Waals surface area contributed by atoms with Crippen LogP contribution in [0, 0.1) is 11.8 Å². The molecule has 0 spiro atoms. The van der Waals surface area contributed by atoms with Crippen molar-refractivity contribution >= 4 is 33.2 Å². The summed E-state index contributed by atoms with van der Waals surface area (Å²) in [6.07, 6.45) is 0. The predicted octanol–water partition coefficient (Wildman–Crippen LogP) is 3.22. The Labute approximate surface area is 120 Å². The van der Waals surface area contributed by atoms with Gasteiger partial charge in [-0.1, -0.05) is 13.8 Å². The summed E-state index contributed by atoms with van der Waals surface area (Å²) < 4.78 is 11.5. The third-order valence-corrected chi connectivity index (χ3v) is 5.34. The average molecular weight is 333 g/mol. The molecule has 3 nitrogen and oxygen atoms in total. The topological polar surface area (TPSA) is 35.5 Å². The minimum Gasteiger partial charge on any atom is -0.469 e. The lowest BCUT2D eigenvalue weighted by atomic mass is 9.67. The van der Waals surface area contributed by atoms with Gasteiger partial charge < -0.3 is 9.47 Å². The van der Waals surface area contributed by atoms with Crippen LogP contribution in [0.15, 0.2) is 15.9 Å². The Morgan fingerprint density at radius 1 is 1.50 bits per heavy atom. The van der Waals surface area contributed by atoms with Gasteiger partial charge in [-0.15, -0.1) is 11.3 Å². The molecule has 18 heavy (non-hydrogen) atoms. The van der Waals surface area contributed by atoms with Gasteiger partial charge in [0.1, 0.15) is 0 Å². The highest BCUT2D eigenvalue weighted by atomic mass is 79.9. The van der Waals surface area contributed by atoms with E-state index in [9.17, 15) is 4.79 Å². The fraction of sp³-hybridized carbons (Fsp3) is 0.615. The van der Waals surface area contributed by atoms with E-state index >= 15 is 0 Å². The van der Waals surface area contributed by atoms with Crippen molar-refractivity contribution in [2.24, 2.45) is 11.8 Å².